The zero-order chi connectivity index (χ0) is 26.0. The molecular formula is C28H30N2O5S. The molecule has 8 heteroatoms. The second-order valence-corrected chi connectivity index (χ2v) is 9.72. The summed E-state index contributed by atoms with van der Waals surface area (Å²) in [5.74, 6) is 0.999. The van der Waals surface area contributed by atoms with Crippen LogP contribution in [0.1, 0.15) is 56.3 Å². The smallest absolute Gasteiger partial charge is 0.338 e. The van der Waals surface area contributed by atoms with Crippen molar-refractivity contribution in [3.05, 3.63) is 90.1 Å². The topological polar surface area (TPSA) is 79.1 Å². The number of esters is 1. The molecule has 2 heterocycles. The Balaban J connectivity index is 1.95. The van der Waals surface area contributed by atoms with Gasteiger partial charge in [-0.05, 0) is 43.0 Å². The number of para-hydroxylation sites is 1. The highest BCUT2D eigenvalue weighted by Crippen LogP contribution is 2.33. The van der Waals surface area contributed by atoms with E-state index in [1.165, 1.54) is 16.9 Å². The van der Waals surface area contributed by atoms with Crippen LogP contribution in [0.5, 0.6) is 11.5 Å². The quantitative estimate of drug-likeness (QED) is 0.454. The van der Waals surface area contributed by atoms with Crippen LogP contribution in [0.3, 0.4) is 0 Å². The Morgan fingerprint density at radius 3 is 2.47 bits per heavy atom. The number of fused-ring (bicyclic) bond motifs is 1. The average Bonchev–Trinajstić information content (AvgIpc) is 3.17. The summed E-state index contributed by atoms with van der Waals surface area (Å²) in [5, 5.41) is 0. The number of carbonyl (C=O) groups excluding carboxylic acids is 1. The number of allylic oxidation sites excluding steroid dienone is 1. The summed E-state index contributed by atoms with van der Waals surface area (Å²) >= 11 is 1.27. The van der Waals surface area contributed by atoms with Crippen molar-refractivity contribution >= 4 is 23.4 Å². The molecule has 0 saturated carbocycles. The summed E-state index contributed by atoms with van der Waals surface area (Å²) in [4.78, 5) is 32.0. The van der Waals surface area contributed by atoms with Gasteiger partial charge >= 0.3 is 5.97 Å². The molecule has 0 bridgehead atoms. The first-order valence-corrected chi connectivity index (χ1v) is 12.6. The van der Waals surface area contributed by atoms with Crippen LogP contribution in [0.4, 0.5) is 0 Å². The number of rotatable bonds is 7. The molecule has 3 aromatic rings. The van der Waals surface area contributed by atoms with Crippen LogP contribution in [0.25, 0.3) is 6.08 Å². The van der Waals surface area contributed by atoms with E-state index < -0.39 is 12.0 Å². The Morgan fingerprint density at radius 2 is 1.86 bits per heavy atom. The lowest BCUT2D eigenvalue weighted by molar-refractivity contribution is -0.139. The van der Waals surface area contributed by atoms with Gasteiger partial charge in [0.25, 0.3) is 5.56 Å². The van der Waals surface area contributed by atoms with Crippen molar-refractivity contribution in [2.24, 2.45) is 4.99 Å². The van der Waals surface area contributed by atoms with Crippen molar-refractivity contribution in [1.29, 1.82) is 0 Å². The van der Waals surface area contributed by atoms with Gasteiger partial charge in [0.15, 0.2) is 16.3 Å². The molecule has 7 nitrogen and oxygen atoms in total. The van der Waals surface area contributed by atoms with E-state index in [-0.39, 0.29) is 12.2 Å². The first-order chi connectivity index (χ1) is 17.3. The van der Waals surface area contributed by atoms with Gasteiger partial charge in [-0.15, -0.1) is 0 Å². The van der Waals surface area contributed by atoms with E-state index in [0.717, 1.165) is 5.56 Å². The van der Waals surface area contributed by atoms with Crippen molar-refractivity contribution in [2.75, 3.05) is 20.8 Å². The van der Waals surface area contributed by atoms with Gasteiger partial charge in [0, 0.05) is 5.56 Å². The third-order valence-corrected chi connectivity index (χ3v) is 7.14. The lowest BCUT2D eigenvalue weighted by atomic mass is 9.93. The van der Waals surface area contributed by atoms with E-state index in [1.54, 1.807) is 44.8 Å². The van der Waals surface area contributed by atoms with Crippen LogP contribution in [0, 0.1) is 0 Å². The SMILES string of the molecule is CCOC(=O)C1=C(C)N=c2s/c(=C\c3cccc(OC)c3OC)c(=O)n2[C@H]1c1ccc(C(C)C)cc1. The third-order valence-electron chi connectivity index (χ3n) is 6.16. The molecule has 1 aliphatic heterocycles. The molecular weight excluding hydrogens is 476 g/mol. The number of hydrogen-bond acceptors (Lipinski definition) is 7. The maximum atomic E-state index is 13.8. The Kier molecular flexibility index (Phi) is 7.45. The lowest BCUT2D eigenvalue weighted by Gasteiger charge is -2.25. The number of hydrogen-bond donors (Lipinski definition) is 0. The van der Waals surface area contributed by atoms with Gasteiger partial charge in [-0.1, -0.05) is 61.6 Å². The fourth-order valence-electron chi connectivity index (χ4n) is 4.34. The van der Waals surface area contributed by atoms with Crippen LogP contribution in [-0.2, 0) is 9.53 Å². The molecule has 0 unspecified atom stereocenters. The molecule has 1 aliphatic rings. The van der Waals surface area contributed by atoms with Crippen LogP contribution >= 0.6 is 11.3 Å². The number of carbonyl (C=O) groups is 1. The maximum absolute atomic E-state index is 13.8. The van der Waals surface area contributed by atoms with Crippen LogP contribution in [0.2, 0.25) is 0 Å². The normalized spacial score (nSPS) is 15.5. The Hall–Kier alpha value is -3.65. The third kappa shape index (κ3) is 4.60. The zero-order valence-electron chi connectivity index (χ0n) is 21.3. The second-order valence-electron chi connectivity index (χ2n) is 8.71. The van der Waals surface area contributed by atoms with Gasteiger partial charge < -0.3 is 14.2 Å². The highest BCUT2D eigenvalue weighted by molar-refractivity contribution is 7.07. The molecule has 4 rings (SSSR count). The Morgan fingerprint density at radius 1 is 1.14 bits per heavy atom. The van der Waals surface area contributed by atoms with E-state index >= 15 is 0 Å². The van der Waals surface area contributed by atoms with Gasteiger partial charge in [0.05, 0.1) is 42.7 Å². The summed E-state index contributed by atoms with van der Waals surface area (Å²) in [6, 6.07) is 12.9. The van der Waals surface area contributed by atoms with Crippen LogP contribution in [-0.4, -0.2) is 31.4 Å². The second kappa shape index (κ2) is 10.5. The standard InChI is InChI=1S/C28H30N2O5S/c1-7-35-27(32)23-17(4)29-28-30(24(23)19-13-11-18(12-14-19)16(2)3)26(31)22(36-28)15-20-9-8-10-21(33-5)25(20)34-6/h8-16,24H,7H2,1-6H3/b22-15-/t24-/m0/s1. The molecule has 0 spiro atoms. The molecule has 0 amide bonds. The predicted molar refractivity (Wildman–Crippen MR) is 140 cm³/mol. The fourth-order valence-corrected chi connectivity index (χ4v) is 5.37. The molecule has 0 saturated heterocycles. The average molecular weight is 507 g/mol. The minimum atomic E-state index is -0.643. The molecule has 1 aromatic heterocycles. The number of ether oxygens (including phenoxy) is 3. The van der Waals surface area contributed by atoms with Gasteiger partial charge in [-0.2, -0.15) is 0 Å². The van der Waals surface area contributed by atoms with Crippen molar-refractivity contribution in [3.8, 4) is 11.5 Å². The maximum Gasteiger partial charge on any atom is 0.338 e. The highest BCUT2D eigenvalue weighted by atomic mass is 32.1. The summed E-state index contributed by atoms with van der Waals surface area (Å²) in [6.45, 7) is 8.02. The van der Waals surface area contributed by atoms with Crippen LogP contribution < -0.4 is 24.4 Å². The van der Waals surface area contributed by atoms with Gasteiger partial charge in [0.2, 0.25) is 0 Å². The van der Waals surface area contributed by atoms with E-state index in [2.05, 4.69) is 18.8 Å². The largest absolute Gasteiger partial charge is 0.493 e. The Bertz CT molecular complexity index is 1500. The van der Waals surface area contributed by atoms with Crippen molar-refractivity contribution < 1.29 is 19.0 Å². The summed E-state index contributed by atoms with van der Waals surface area (Å²) in [5.41, 5.74) is 3.38. The zero-order valence-corrected chi connectivity index (χ0v) is 22.1. The van der Waals surface area contributed by atoms with Crippen molar-refractivity contribution in [3.63, 3.8) is 0 Å². The van der Waals surface area contributed by atoms with Gasteiger partial charge in [-0.25, -0.2) is 9.79 Å². The minimum Gasteiger partial charge on any atom is -0.493 e. The molecule has 0 aliphatic carbocycles. The predicted octanol–water partition coefficient (Wildman–Crippen LogP) is 3.94. The molecule has 2 aromatic carbocycles. The van der Waals surface area contributed by atoms with E-state index in [1.807, 2.05) is 36.4 Å². The van der Waals surface area contributed by atoms with Gasteiger partial charge in [-0.3, -0.25) is 9.36 Å². The molecule has 0 radical (unpaired) electrons. The summed E-state index contributed by atoms with van der Waals surface area (Å²) in [6.07, 6.45) is 1.77. The number of methoxy groups -OCH3 is 2. The Labute approximate surface area is 214 Å². The van der Waals surface area contributed by atoms with Crippen molar-refractivity contribution in [1.82, 2.24) is 4.57 Å². The monoisotopic (exact) mass is 506 g/mol. The summed E-state index contributed by atoms with van der Waals surface area (Å²) < 4.78 is 18.4. The minimum absolute atomic E-state index is 0.231. The molecule has 36 heavy (non-hydrogen) atoms. The first-order valence-electron chi connectivity index (χ1n) is 11.8. The number of nitrogens with zero attached hydrogens (tertiary/aromatic N) is 2. The van der Waals surface area contributed by atoms with E-state index in [0.29, 0.717) is 43.6 Å². The summed E-state index contributed by atoms with van der Waals surface area (Å²) in [7, 11) is 3.13. The fraction of sp³-hybridized carbons (Fsp3) is 0.321. The molecule has 188 valence electrons. The van der Waals surface area contributed by atoms with E-state index in [4.69, 9.17) is 14.2 Å². The number of thiazole rings is 1. The number of benzene rings is 2. The van der Waals surface area contributed by atoms with E-state index in [9.17, 15) is 9.59 Å². The molecule has 1 atom stereocenters. The highest BCUT2D eigenvalue weighted by Gasteiger charge is 2.33. The number of aromatic nitrogens is 1. The first kappa shape index (κ1) is 25.4. The lowest BCUT2D eigenvalue weighted by Crippen LogP contribution is -2.39. The van der Waals surface area contributed by atoms with Crippen LogP contribution in [0.15, 0.2) is 63.5 Å². The molecule has 0 N–H and O–H groups in total. The van der Waals surface area contributed by atoms with Crippen molar-refractivity contribution in [2.45, 2.75) is 39.7 Å². The van der Waals surface area contributed by atoms with Gasteiger partial charge in [0.1, 0.15) is 0 Å². The molecule has 0 fully saturated rings.